The normalized spacial score (nSPS) is 28.2. The molecule has 1 aromatic rings. The predicted molar refractivity (Wildman–Crippen MR) is 76.0 cm³/mol. The Morgan fingerprint density at radius 3 is 2.65 bits per heavy atom. The van der Waals surface area contributed by atoms with Gasteiger partial charge in [0.1, 0.15) is 5.54 Å². The molecular weight excluding hydrogens is 257 g/mol. The van der Waals surface area contributed by atoms with E-state index in [2.05, 4.69) is 0 Å². The third-order valence-corrected chi connectivity index (χ3v) is 4.50. The van der Waals surface area contributed by atoms with Gasteiger partial charge < -0.3 is 20.9 Å². The number of aliphatic carboxylic acids is 1. The van der Waals surface area contributed by atoms with Gasteiger partial charge in [-0.05, 0) is 30.3 Å². The molecule has 0 amide bonds. The molecule has 1 aliphatic rings. The van der Waals surface area contributed by atoms with Crippen LogP contribution in [0, 0.1) is 5.41 Å². The van der Waals surface area contributed by atoms with E-state index in [0.717, 1.165) is 5.56 Å². The van der Waals surface area contributed by atoms with Gasteiger partial charge in [0.25, 0.3) is 0 Å². The number of nitrogens with two attached hydrogens (primary N) is 1. The highest BCUT2D eigenvalue weighted by molar-refractivity contribution is 6.40. The van der Waals surface area contributed by atoms with Crippen molar-refractivity contribution in [3.8, 4) is 0 Å². The first-order valence-electron chi connectivity index (χ1n) is 6.78. The topological polar surface area (TPSA) is 104 Å². The second-order valence-electron chi connectivity index (χ2n) is 5.88. The Balaban J connectivity index is 2.32. The summed E-state index contributed by atoms with van der Waals surface area (Å²) in [5, 5.41) is 27.5. The number of benzene rings is 1. The third-order valence-electron chi connectivity index (χ3n) is 4.50. The molecule has 0 unspecified atom stereocenters. The maximum Gasteiger partial charge on any atom is 0.451 e. The highest BCUT2D eigenvalue weighted by atomic mass is 16.4. The quantitative estimate of drug-likeness (QED) is 0.594. The molecule has 1 aromatic carbocycles. The molecule has 0 bridgehead atoms. The minimum absolute atomic E-state index is 0.224. The molecule has 0 heterocycles. The van der Waals surface area contributed by atoms with Gasteiger partial charge in [-0.15, -0.1) is 0 Å². The smallest absolute Gasteiger partial charge is 0.451 e. The number of fused-ring (bicyclic) bond motifs is 1. The maximum atomic E-state index is 11.8. The average Bonchev–Trinajstić information content (AvgIpc) is 2.59. The fourth-order valence-corrected chi connectivity index (χ4v) is 3.28. The van der Waals surface area contributed by atoms with E-state index in [-0.39, 0.29) is 6.32 Å². The monoisotopic (exact) mass is 277 g/mol. The highest BCUT2D eigenvalue weighted by Gasteiger charge is 2.57. The van der Waals surface area contributed by atoms with E-state index in [1.165, 1.54) is 0 Å². The zero-order chi connectivity index (χ0) is 15.0. The maximum absolute atomic E-state index is 11.8. The second-order valence-corrected chi connectivity index (χ2v) is 5.88. The Morgan fingerprint density at radius 1 is 1.40 bits per heavy atom. The summed E-state index contributed by atoms with van der Waals surface area (Å²) in [5.41, 5.74) is 5.86. The van der Waals surface area contributed by atoms with Crippen LogP contribution in [0.15, 0.2) is 24.3 Å². The van der Waals surface area contributed by atoms with Crippen molar-refractivity contribution in [3.63, 3.8) is 0 Å². The fourth-order valence-electron chi connectivity index (χ4n) is 3.28. The van der Waals surface area contributed by atoms with Crippen LogP contribution in [0.25, 0.3) is 0 Å². The van der Waals surface area contributed by atoms with Crippen molar-refractivity contribution in [1.82, 2.24) is 0 Å². The molecule has 2 rings (SSSR count). The lowest BCUT2D eigenvalue weighted by Crippen LogP contribution is -2.54. The van der Waals surface area contributed by atoms with E-state index in [1.807, 2.05) is 19.1 Å². The van der Waals surface area contributed by atoms with Crippen LogP contribution in [0.4, 0.5) is 0 Å². The molecule has 108 valence electrons. The summed E-state index contributed by atoms with van der Waals surface area (Å²) in [4.78, 5) is 11.8. The van der Waals surface area contributed by atoms with Crippen LogP contribution in [-0.2, 0) is 16.8 Å². The lowest BCUT2D eigenvalue weighted by atomic mass is 9.67. The van der Waals surface area contributed by atoms with Crippen LogP contribution in [0.2, 0.25) is 6.32 Å². The molecule has 0 saturated carbocycles. The van der Waals surface area contributed by atoms with Crippen LogP contribution in [0.5, 0.6) is 0 Å². The summed E-state index contributed by atoms with van der Waals surface area (Å²) in [5.74, 6) is -1.03. The van der Waals surface area contributed by atoms with Crippen molar-refractivity contribution in [2.75, 3.05) is 0 Å². The summed E-state index contributed by atoms with van der Waals surface area (Å²) >= 11 is 0. The molecule has 6 heteroatoms. The molecule has 0 aliphatic heterocycles. The van der Waals surface area contributed by atoms with E-state index in [0.29, 0.717) is 24.8 Å². The van der Waals surface area contributed by atoms with Gasteiger partial charge in [-0.3, -0.25) is 0 Å². The zero-order valence-corrected chi connectivity index (χ0v) is 11.5. The van der Waals surface area contributed by atoms with Gasteiger partial charge >= 0.3 is 13.1 Å². The van der Waals surface area contributed by atoms with Crippen LogP contribution in [-0.4, -0.2) is 28.2 Å². The van der Waals surface area contributed by atoms with Gasteiger partial charge in [-0.2, -0.15) is 0 Å². The molecule has 1 aliphatic carbocycles. The summed E-state index contributed by atoms with van der Waals surface area (Å²) < 4.78 is 0. The zero-order valence-electron chi connectivity index (χ0n) is 11.5. The molecule has 2 atom stereocenters. The molecule has 5 nitrogen and oxygen atoms in total. The molecule has 0 aromatic heterocycles. The molecule has 0 spiro atoms. The van der Waals surface area contributed by atoms with Gasteiger partial charge in [-0.1, -0.05) is 37.6 Å². The van der Waals surface area contributed by atoms with Gasteiger partial charge in [0.15, 0.2) is 0 Å². The first-order valence-corrected chi connectivity index (χ1v) is 6.78. The molecule has 0 saturated heterocycles. The summed E-state index contributed by atoms with van der Waals surface area (Å²) in [6.45, 7) is 1.87. The van der Waals surface area contributed by atoms with E-state index >= 15 is 0 Å². The Morgan fingerprint density at radius 2 is 2.05 bits per heavy atom. The number of carbonyl (C=O) groups is 1. The first-order chi connectivity index (χ1) is 9.31. The highest BCUT2D eigenvalue weighted by Crippen LogP contribution is 2.51. The lowest BCUT2D eigenvalue weighted by Gasteiger charge is -2.38. The Hall–Kier alpha value is -1.37. The number of carboxylic acids is 1. The van der Waals surface area contributed by atoms with Crippen LogP contribution in [0.1, 0.15) is 30.9 Å². The molecule has 0 radical (unpaired) electrons. The van der Waals surface area contributed by atoms with E-state index < -0.39 is 24.0 Å². The minimum Gasteiger partial charge on any atom is -0.480 e. The first kappa shape index (κ1) is 15.0. The second kappa shape index (κ2) is 5.20. The molecule has 20 heavy (non-hydrogen) atoms. The largest absolute Gasteiger partial charge is 0.480 e. The molecule has 0 fully saturated rings. The van der Waals surface area contributed by atoms with Crippen molar-refractivity contribution < 1.29 is 19.9 Å². The number of hydrogen-bond donors (Lipinski definition) is 4. The van der Waals surface area contributed by atoms with Crippen molar-refractivity contribution >= 4 is 13.1 Å². The van der Waals surface area contributed by atoms with Crippen molar-refractivity contribution in [2.45, 2.75) is 38.0 Å². The van der Waals surface area contributed by atoms with Gasteiger partial charge in [-0.25, -0.2) is 4.79 Å². The third kappa shape index (κ3) is 2.24. The summed E-state index contributed by atoms with van der Waals surface area (Å²) in [7, 11) is -1.36. The molecular formula is C14H20BNO4. The number of rotatable bonds is 5. The Bertz CT molecular complexity index is 522. The van der Waals surface area contributed by atoms with E-state index in [9.17, 15) is 9.90 Å². The standard InChI is InChI=1S/C14H20BNO4/c1-13(7-4-8-15(19)20)9-10-5-2-3-6-11(10)14(13,16)12(17)18/h2-3,5-6,19-20H,4,7-9,16H2,1H3,(H,17,18)/t13-,14+/m0/s1. The average molecular weight is 277 g/mol. The van der Waals surface area contributed by atoms with Gasteiger partial charge in [0.2, 0.25) is 0 Å². The SMILES string of the molecule is C[C@]1(CCCB(O)O)Cc2ccccc2[C@@]1(N)C(=O)O. The van der Waals surface area contributed by atoms with Crippen molar-refractivity contribution in [2.24, 2.45) is 11.1 Å². The fraction of sp³-hybridized carbons (Fsp3) is 0.500. The van der Waals surface area contributed by atoms with Crippen LogP contribution in [0.3, 0.4) is 0 Å². The lowest BCUT2D eigenvalue weighted by molar-refractivity contribution is -0.148. The number of hydrogen-bond acceptors (Lipinski definition) is 4. The van der Waals surface area contributed by atoms with E-state index in [4.69, 9.17) is 15.8 Å². The van der Waals surface area contributed by atoms with Crippen molar-refractivity contribution in [3.05, 3.63) is 35.4 Å². The summed E-state index contributed by atoms with van der Waals surface area (Å²) in [6.07, 6.45) is 1.87. The minimum atomic E-state index is -1.43. The van der Waals surface area contributed by atoms with Crippen LogP contribution < -0.4 is 5.73 Å². The Kier molecular flexibility index (Phi) is 3.91. The van der Waals surface area contributed by atoms with Gasteiger partial charge in [0, 0.05) is 5.41 Å². The summed E-state index contributed by atoms with van der Waals surface area (Å²) in [6, 6.07) is 7.36. The van der Waals surface area contributed by atoms with Gasteiger partial charge in [0.05, 0.1) is 0 Å². The van der Waals surface area contributed by atoms with E-state index in [1.54, 1.807) is 12.1 Å². The van der Waals surface area contributed by atoms with Crippen molar-refractivity contribution in [1.29, 1.82) is 0 Å². The van der Waals surface area contributed by atoms with Crippen LogP contribution >= 0.6 is 0 Å². The molecule has 5 N–H and O–H groups in total. The predicted octanol–water partition coefficient (Wildman–Crippen LogP) is 0.741. The number of carboxylic acid groups (broad SMARTS) is 1. The Labute approximate surface area is 118 Å².